The van der Waals surface area contributed by atoms with E-state index in [1.807, 2.05) is 0 Å². The molecule has 138 valence electrons. The number of hydrogen-bond acceptors (Lipinski definition) is 5. The Morgan fingerprint density at radius 3 is 2.62 bits per heavy atom. The molecule has 10 heteroatoms. The minimum atomic E-state index is -4.65. The first kappa shape index (κ1) is 18.4. The highest BCUT2D eigenvalue weighted by molar-refractivity contribution is 6.31. The number of allylic oxidation sites excluding steroid dienone is 1. The van der Waals surface area contributed by atoms with Crippen LogP contribution in [0.4, 0.5) is 17.6 Å². The minimum absolute atomic E-state index is 0.217. The second kappa shape index (κ2) is 6.39. The van der Waals surface area contributed by atoms with Gasteiger partial charge in [0.1, 0.15) is 11.5 Å². The van der Waals surface area contributed by atoms with Gasteiger partial charge in [0.05, 0.1) is 11.1 Å². The Morgan fingerprint density at radius 2 is 2.08 bits per heavy atom. The first-order chi connectivity index (χ1) is 12.2. The van der Waals surface area contributed by atoms with E-state index in [4.69, 9.17) is 21.9 Å². The van der Waals surface area contributed by atoms with Crippen molar-refractivity contribution in [3.63, 3.8) is 0 Å². The largest absolute Gasteiger partial charge is 0.432 e. The zero-order chi connectivity index (χ0) is 19.1. The van der Waals surface area contributed by atoms with Gasteiger partial charge in [-0.15, -0.1) is 0 Å². The van der Waals surface area contributed by atoms with Crippen molar-refractivity contribution in [1.82, 2.24) is 10.1 Å². The normalized spacial score (nSPS) is 17.5. The molecule has 2 aromatic rings. The summed E-state index contributed by atoms with van der Waals surface area (Å²) in [6.07, 6.45) is -2.74. The molecule has 2 N–H and O–H groups in total. The van der Waals surface area contributed by atoms with Gasteiger partial charge in [0.15, 0.2) is 5.82 Å². The van der Waals surface area contributed by atoms with Gasteiger partial charge in [0.2, 0.25) is 0 Å². The maximum absolute atomic E-state index is 13.3. The molecule has 0 spiro atoms. The van der Waals surface area contributed by atoms with Crippen LogP contribution in [0.1, 0.15) is 30.1 Å². The Kier molecular flexibility index (Phi) is 4.51. The number of rotatable bonds is 4. The second-order valence-corrected chi connectivity index (χ2v) is 6.24. The number of aromatic nitrogens is 2. The fourth-order valence-corrected chi connectivity index (χ4v) is 2.98. The summed E-state index contributed by atoms with van der Waals surface area (Å²) < 4.78 is 56.5. The number of nitrogens with two attached hydrogens (primary N) is 1. The van der Waals surface area contributed by atoms with Gasteiger partial charge in [-0.3, -0.25) is 4.99 Å². The summed E-state index contributed by atoms with van der Waals surface area (Å²) in [5, 5.41) is 4.04. The van der Waals surface area contributed by atoms with E-state index in [1.54, 1.807) is 0 Å². The quantitative estimate of drug-likeness (QED) is 0.637. The molecule has 1 saturated carbocycles. The van der Waals surface area contributed by atoms with Crippen molar-refractivity contribution >= 4 is 23.0 Å². The van der Waals surface area contributed by atoms with Gasteiger partial charge in [-0.2, -0.15) is 18.2 Å². The first-order valence-electron chi connectivity index (χ1n) is 7.48. The first-order valence-corrected chi connectivity index (χ1v) is 7.86. The van der Waals surface area contributed by atoms with Crippen LogP contribution in [0, 0.1) is 5.82 Å². The van der Waals surface area contributed by atoms with E-state index in [0.717, 1.165) is 7.05 Å². The molecule has 0 atom stereocenters. The lowest BCUT2D eigenvalue weighted by molar-refractivity contribution is -0.0577. The molecule has 26 heavy (non-hydrogen) atoms. The predicted molar refractivity (Wildman–Crippen MR) is 87.3 cm³/mol. The highest BCUT2D eigenvalue weighted by Gasteiger charge is 2.51. The van der Waals surface area contributed by atoms with E-state index in [-0.39, 0.29) is 22.4 Å². The Labute approximate surface area is 150 Å². The van der Waals surface area contributed by atoms with Gasteiger partial charge in [0.25, 0.3) is 5.89 Å². The van der Waals surface area contributed by atoms with Gasteiger partial charge in [-0.1, -0.05) is 22.8 Å². The summed E-state index contributed by atoms with van der Waals surface area (Å²) in [7, 11) is 1.00. The van der Waals surface area contributed by atoms with Gasteiger partial charge in [-0.05, 0) is 36.6 Å². The van der Waals surface area contributed by atoms with E-state index in [9.17, 15) is 17.6 Å². The molecule has 1 fully saturated rings. The van der Waals surface area contributed by atoms with Crippen LogP contribution in [-0.2, 0) is 5.41 Å². The number of aliphatic imine (C=N–C) groups is 1. The molecule has 1 aliphatic rings. The van der Waals surface area contributed by atoms with Crippen LogP contribution < -0.4 is 5.73 Å². The highest BCUT2D eigenvalue weighted by Crippen LogP contribution is 2.54. The van der Waals surface area contributed by atoms with Crippen LogP contribution in [0.2, 0.25) is 5.02 Å². The maximum atomic E-state index is 13.3. The Morgan fingerprint density at radius 1 is 1.38 bits per heavy atom. The molecule has 1 aromatic heterocycles. The third-order valence-electron chi connectivity index (χ3n) is 4.12. The van der Waals surface area contributed by atoms with Gasteiger partial charge in [-0.25, -0.2) is 4.39 Å². The molecule has 1 aliphatic carbocycles. The average molecular weight is 389 g/mol. The summed E-state index contributed by atoms with van der Waals surface area (Å²) in [4.78, 5) is 7.26. The molecule has 0 bridgehead atoms. The molecular weight excluding hydrogens is 376 g/mol. The number of nitrogens with zero attached hydrogens (tertiary/aromatic N) is 3. The molecule has 0 unspecified atom stereocenters. The monoisotopic (exact) mass is 388 g/mol. The van der Waals surface area contributed by atoms with Gasteiger partial charge >= 0.3 is 6.18 Å². The van der Waals surface area contributed by atoms with Crippen LogP contribution in [-0.4, -0.2) is 29.1 Å². The number of alkyl halides is 3. The van der Waals surface area contributed by atoms with Gasteiger partial charge < -0.3 is 10.3 Å². The van der Waals surface area contributed by atoms with Crippen molar-refractivity contribution in [1.29, 1.82) is 0 Å². The number of halogens is 5. The van der Waals surface area contributed by atoms with Crippen LogP contribution in [0.3, 0.4) is 0 Å². The van der Waals surface area contributed by atoms with E-state index in [1.165, 1.54) is 18.2 Å². The molecule has 1 heterocycles. The lowest BCUT2D eigenvalue weighted by atomic mass is 9.95. The Bertz CT molecular complexity index is 900. The van der Waals surface area contributed by atoms with Crippen molar-refractivity contribution in [3.8, 4) is 0 Å². The van der Waals surface area contributed by atoms with Crippen LogP contribution in [0.5, 0.6) is 0 Å². The molecular formula is C16H13ClF4N4O. The smallest absolute Gasteiger partial charge is 0.394 e. The van der Waals surface area contributed by atoms with E-state index < -0.39 is 23.1 Å². The lowest BCUT2D eigenvalue weighted by Crippen LogP contribution is -2.22. The van der Waals surface area contributed by atoms with Crippen molar-refractivity contribution < 1.29 is 22.1 Å². The fourth-order valence-electron chi connectivity index (χ4n) is 2.63. The molecule has 0 saturated heterocycles. The van der Waals surface area contributed by atoms with Crippen LogP contribution in [0.15, 0.2) is 33.8 Å². The average Bonchev–Trinajstić information content (AvgIpc) is 3.19. The topological polar surface area (TPSA) is 77.3 Å². The van der Waals surface area contributed by atoms with Gasteiger partial charge in [0, 0.05) is 12.1 Å². The maximum Gasteiger partial charge on any atom is 0.432 e. The summed E-state index contributed by atoms with van der Waals surface area (Å²) in [5.74, 6) is -0.497. The molecule has 3 rings (SSSR count). The van der Waals surface area contributed by atoms with Crippen LogP contribution >= 0.6 is 11.6 Å². The summed E-state index contributed by atoms with van der Waals surface area (Å²) in [6, 6.07) is 3.98. The zero-order valence-electron chi connectivity index (χ0n) is 13.4. The molecule has 5 nitrogen and oxygen atoms in total. The van der Waals surface area contributed by atoms with E-state index in [2.05, 4.69) is 15.1 Å². The number of hydrogen-bond donors (Lipinski definition) is 1. The lowest BCUT2D eigenvalue weighted by Gasteiger charge is -2.12. The van der Waals surface area contributed by atoms with Crippen molar-refractivity contribution in [3.05, 3.63) is 52.4 Å². The third-order valence-corrected chi connectivity index (χ3v) is 4.43. The SMILES string of the molecule is CN=C(/C=C(\N)c1nc(C2(c3ccc(F)cc3Cl)CC2)no1)C(F)(F)F. The van der Waals surface area contributed by atoms with Crippen molar-refractivity contribution in [2.24, 2.45) is 10.7 Å². The van der Waals surface area contributed by atoms with Crippen LogP contribution in [0.25, 0.3) is 5.70 Å². The molecule has 0 amide bonds. The third kappa shape index (κ3) is 3.31. The molecule has 0 aliphatic heterocycles. The molecule has 1 aromatic carbocycles. The standard InChI is InChI=1S/C16H13ClF4N4O/c1-23-12(16(19,20)21)7-11(22)13-24-14(25-26-13)15(4-5-15)9-3-2-8(18)6-10(9)17/h2-3,6-7H,4-5,22H2,1H3/b11-7-,23-12?. The summed E-state index contributed by atoms with van der Waals surface area (Å²) in [5.41, 5.74) is 4.09. The summed E-state index contributed by atoms with van der Waals surface area (Å²) >= 11 is 6.11. The minimum Gasteiger partial charge on any atom is -0.394 e. The Hall–Kier alpha value is -2.42. The van der Waals surface area contributed by atoms with Crippen molar-refractivity contribution in [2.45, 2.75) is 24.4 Å². The van der Waals surface area contributed by atoms with Crippen molar-refractivity contribution in [2.75, 3.05) is 7.05 Å². The fraction of sp³-hybridized carbons (Fsp3) is 0.312. The van der Waals surface area contributed by atoms with E-state index in [0.29, 0.717) is 24.5 Å². The zero-order valence-corrected chi connectivity index (χ0v) is 14.2. The number of benzene rings is 1. The molecule has 0 radical (unpaired) electrons. The second-order valence-electron chi connectivity index (χ2n) is 5.84. The summed E-state index contributed by atoms with van der Waals surface area (Å²) in [6.45, 7) is 0. The Balaban J connectivity index is 1.93. The highest BCUT2D eigenvalue weighted by atomic mass is 35.5. The predicted octanol–water partition coefficient (Wildman–Crippen LogP) is 3.87. The van der Waals surface area contributed by atoms with E-state index >= 15 is 0 Å².